The highest BCUT2D eigenvalue weighted by atomic mass is 79.9. The van der Waals surface area contributed by atoms with Gasteiger partial charge in [0.15, 0.2) is 0 Å². The Morgan fingerprint density at radius 1 is 1.56 bits per heavy atom. The van der Waals surface area contributed by atoms with Gasteiger partial charge in [-0.25, -0.2) is 4.39 Å². The van der Waals surface area contributed by atoms with Crippen LogP contribution in [0.25, 0.3) is 0 Å². The number of carbonyl (C=O) groups excluding carboxylic acids is 1. The van der Waals surface area contributed by atoms with Crippen molar-refractivity contribution in [3.05, 3.63) is 28.5 Å². The number of anilines is 1. The number of carbonyl (C=O) groups is 1. The van der Waals surface area contributed by atoms with Gasteiger partial charge in [-0.3, -0.25) is 4.79 Å². The summed E-state index contributed by atoms with van der Waals surface area (Å²) in [7, 11) is 0. The third kappa shape index (κ3) is 3.79. The molecule has 88 valence electrons. The largest absolute Gasteiger partial charge is 0.380 e. The normalized spacial score (nSPS) is 12.2. The van der Waals surface area contributed by atoms with Crippen molar-refractivity contribution in [3.8, 4) is 0 Å². The Bertz CT molecular complexity index is 386. The first-order valence-electron chi connectivity index (χ1n) is 4.73. The number of primary amides is 1. The lowest BCUT2D eigenvalue weighted by Gasteiger charge is -2.16. The van der Waals surface area contributed by atoms with E-state index < -0.39 is 5.91 Å². The fraction of sp³-hybridized carbons (Fsp3) is 0.300. The van der Waals surface area contributed by atoms with Crippen LogP contribution in [0.1, 0.15) is 6.42 Å². The first kappa shape index (κ1) is 12.9. The van der Waals surface area contributed by atoms with Crippen LogP contribution >= 0.6 is 15.9 Å². The zero-order chi connectivity index (χ0) is 12.1. The molecule has 0 aliphatic rings. The summed E-state index contributed by atoms with van der Waals surface area (Å²) in [4.78, 5) is 10.7. The first-order valence-corrected chi connectivity index (χ1v) is 5.52. The number of hydrogen-bond donors (Lipinski definition) is 3. The summed E-state index contributed by atoms with van der Waals surface area (Å²) >= 11 is 3.07. The van der Waals surface area contributed by atoms with Gasteiger partial charge in [-0.15, -0.1) is 0 Å². The lowest BCUT2D eigenvalue weighted by molar-refractivity contribution is -0.118. The Labute approximate surface area is 101 Å². The standard InChI is InChI=1S/C10H13BrFN3O/c11-8-3-6(1-2-9(8)12)15-7(5-13)4-10(14)16/h1-3,7,15H,4-5,13H2,(H2,14,16). The van der Waals surface area contributed by atoms with E-state index in [0.29, 0.717) is 10.2 Å². The van der Waals surface area contributed by atoms with Gasteiger partial charge in [-0.2, -0.15) is 0 Å². The van der Waals surface area contributed by atoms with Gasteiger partial charge in [0.2, 0.25) is 5.91 Å². The molecule has 1 aromatic rings. The minimum atomic E-state index is -0.427. The highest BCUT2D eigenvalue weighted by Crippen LogP contribution is 2.20. The molecule has 1 amide bonds. The van der Waals surface area contributed by atoms with Crippen molar-refractivity contribution in [2.75, 3.05) is 11.9 Å². The number of nitrogens with two attached hydrogens (primary N) is 2. The van der Waals surface area contributed by atoms with Crippen LogP contribution < -0.4 is 16.8 Å². The molecule has 0 fully saturated rings. The van der Waals surface area contributed by atoms with Crippen LogP contribution in [0.5, 0.6) is 0 Å². The molecule has 1 atom stereocenters. The molecule has 0 saturated heterocycles. The van der Waals surface area contributed by atoms with Crippen LogP contribution in [0.15, 0.2) is 22.7 Å². The lowest BCUT2D eigenvalue weighted by atomic mass is 10.2. The fourth-order valence-electron chi connectivity index (χ4n) is 1.26. The van der Waals surface area contributed by atoms with Crippen LogP contribution in [0.3, 0.4) is 0 Å². The van der Waals surface area contributed by atoms with Crippen molar-refractivity contribution in [2.45, 2.75) is 12.5 Å². The minimum Gasteiger partial charge on any atom is -0.380 e. The Balaban J connectivity index is 2.70. The SMILES string of the molecule is NCC(CC(N)=O)Nc1ccc(F)c(Br)c1. The van der Waals surface area contributed by atoms with Crippen molar-refractivity contribution in [2.24, 2.45) is 11.5 Å². The molecule has 0 aliphatic heterocycles. The highest BCUT2D eigenvalue weighted by Gasteiger charge is 2.10. The summed E-state index contributed by atoms with van der Waals surface area (Å²) in [6, 6.07) is 4.24. The molecule has 0 aromatic heterocycles. The van der Waals surface area contributed by atoms with Gasteiger partial charge >= 0.3 is 0 Å². The zero-order valence-corrected chi connectivity index (χ0v) is 10.1. The number of rotatable bonds is 5. The third-order valence-corrected chi connectivity index (χ3v) is 2.63. The fourth-order valence-corrected chi connectivity index (χ4v) is 1.64. The molecular weight excluding hydrogens is 277 g/mol. The summed E-state index contributed by atoms with van der Waals surface area (Å²) in [5, 5.41) is 3.01. The van der Waals surface area contributed by atoms with E-state index in [1.54, 1.807) is 12.1 Å². The summed E-state index contributed by atoms with van der Waals surface area (Å²) in [6.45, 7) is 0.276. The third-order valence-electron chi connectivity index (χ3n) is 2.02. The molecule has 1 aromatic carbocycles. The zero-order valence-electron chi connectivity index (χ0n) is 8.54. The van der Waals surface area contributed by atoms with E-state index in [4.69, 9.17) is 11.5 Å². The number of hydrogen-bond acceptors (Lipinski definition) is 3. The molecule has 0 spiro atoms. The van der Waals surface area contributed by atoms with Crippen molar-refractivity contribution >= 4 is 27.5 Å². The van der Waals surface area contributed by atoms with Gasteiger partial charge in [0, 0.05) is 24.7 Å². The molecule has 0 heterocycles. The van der Waals surface area contributed by atoms with Gasteiger partial charge in [0.25, 0.3) is 0 Å². The number of nitrogens with one attached hydrogen (secondary N) is 1. The predicted octanol–water partition coefficient (Wildman–Crippen LogP) is 1.20. The number of amides is 1. The number of benzene rings is 1. The molecule has 1 unspecified atom stereocenters. The molecule has 6 heteroatoms. The smallest absolute Gasteiger partial charge is 0.219 e. The van der Waals surface area contributed by atoms with Crippen LogP contribution in [-0.4, -0.2) is 18.5 Å². The van der Waals surface area contributed by atoms with Crippen LogP contribution in [0, 0.1) is 5.82 Å². The van der Waals surface area contributed by atoms with E-state index in [1.807, 2.05) is 0 Å². The second-order valence-electron chi connectivity index (χ2n) is 3.38. The highest BCUT2D eigenvalue weighted by molar-refractivity contribution is 9.10. The summed E-state index contributed by atoms with van der Waals surface area (Å²) in [6.07, 6.45) is 0.144. The summed E-state index contributed by atoms with van der Waals surface area (Å²) in [5.74, 6) is -0.770. The molecule has 0 bridgehead atoms. The topological polar surface area (TPSA) is 81.1 Å². The molecule has 5 N–H and O–H groups in total. The molecule has 4 nitrogen and oxygen atoms in total. The van der Waals surface area contributed by atoms with E-state index in [9.17, 15) is 9.18 Å². The maximum absolute atomic E-state index is 13.0. The second-order valence-corrected chi connectivity index (χ2v) is 4.23. The second kappa shape index (κ2) is 5.81. The van der Waals surface area contributed by atoms with Gasteiger partial charge in [-0.1, -0.05) is 0 Å². The predicted molar refractivity (Wildman–Crippen MR) is 64.4 cm³/mol. The number of halogens is 2. The van der Waals surface area contributed by atoms with Crippen LogP contribution in [0.4, 0.5) is 10.1 Å². The summed E-state index contributed by atoms with van der Waals surface area (Å²) in [5.41, 5.74) is 11.2. The Morgan fingerprint density at radius 3 is 2.75 bits per heavy atom. The minimum absolute atomic E-state index is 0.144. The van der Waals surface area contributed by atoms with Crippen LogP contribution in [0.2, 0.25) is 0 Å². The molecule has 0 radical (unpaired) electrons. The average molecular weight is 290 g/mol. The van der Waals surface area contributed by atoms with E-state index in [2.05, 4.69) is 21.2 Å². The molecule has 0 aliphatic carbocycles. The van der Waals surface area contributed by atoms with Crippen molar-refractivity contribution in [1.29, 1.82) is 0 Å². The van der Waals surface area contributed by atoms with Gasteiger partial charge in [0.05, 0.1) is 4.47 Å². The molecule has 16 heavy (non-hydrogen) atoms. The van der Waals surface area contributed by atoms with E-state index >= 15 is 0 Å². The first-order chi connectivity index (χ1) is 7.52. The Hall–Kier alpha value is -1.14. The molecular formula is C10H13BrFN3O. The average Bonchev–Trinajstić information content (AvgIpc) is 2.22. The maximum atomic E-state index is 13.0. The molecule has 1 rings (SSSR count). The van der Waals surface area contributed by atoms with Gasteiger partial charge < -0.3 is 16.8 Å². The Morgan fingerprint density at radius 2 is 2.25 bits per heavy atom. The van der Waals surface area contributed by atoms with E-state index in [0.717, 1.165) is 0 Å². The van der Waals surface area contributed by atoms with Crippen molar-refractivity contribution < 1.29 is 9.18 Å². The monoisotopic (exact) mass is 289 g/mol. The van der Waals surface area contributed by atoms with E-state index in [-0.39, 0.29) is 24.8 Å². The maximum Gasteiger partial charge on any atom is 0.219 e. The quantitative estimate of drug-likeness (QED) is 0.762. The Kier molecular flexibility index (Phi) is 4.70. The van der Waals surface area contributed by atoms with Gasteiger partial charge in [0.1, 0.15) is 5.82 Å². The van der Waals surface area contributed by atoms with Crippen LogP contribution in [-0.2, 0) is 4.79 Å². The van der Waals surface area contributed by atoms with Crippen molar-refractivity contribution in [3.63, 3.8) is 0 Å². The van der Waals surface area contributed by atoms with E-state index in [1.165, 1.54) is 6.07 Å². The van der Waals surface area contributed by atoms with Crippen molar-refractivity contribution in [1.82, 2.24) is 0 Å². The van der Waals surface area contributed by atoms with Gasteiger partial charge in [-0.05, 0) is 34.1 Å². The summed E-state index contributed by atoms with van der Waals surface area (Å²) < 4.78 is 13.3. The lowest BCUT2D eigenvalue weighted by Crippen LogP contribution is -2.33. The molecule has 0 saturated carbocycles.